The minimum Gasteiger partial charge on any atom is -0.0613 e. The second-order valence-corrected chi connectivity index (χ2v) is 10.2. The first-order valence-corrected chi connectivity index (χ1v) is 11.3. The highest BCUT2D eigenvalue weighted by atomic mass is 14.3. The molecule has 2 aromatic rings. The summed E-state index contributed by atoms with van der Waals surface area (Å²) in [6.07, 6.45) is 4.40. The minimum atomic E-state index is 0.122. The Hall–Kier alpha value is -1.56. The van der Waals surface area contributed by atoms with Gasteiger partial charge in [0.15, 0.2) is 0 Å². The molecule has 0 aliphatic rings. The lowest BCUT2D eigenvalue weighted by Gasteiger charge is -2.30. The molecule has 0 radical (unpaired) electrons. The fourth-order valence-corrected chi connectivity index (χ4v) is 4.38. The summed E-state index contributed by atoms with van der Waals surface area (Å²) < 4.78 is 0. The molecule has 0 atom stereocenters. The first kappa shape index (κ1) is 22.7. The van der Waals surface area contributed by atoms with E-state index in [1.54, 1.807) is 0 Å². The predicted octanol–water partition coefficient (Wildman–Crippen LogP) is 8.20. The third-order valence-corrected chi connectivity index (χ3v) is 6.11. The Bertz CT molecular complexity index is 751. The van der Waals surface area contributed by atoms with Crippen LogP contribution < -0.4 is 0 Å². The average Bonchev–Trinajstić information content (AvgIpc) is 2.64. The Balaban J connectivity index is 2.97. The highest BCUT2D eigenvalue weighted by Crippen LogP contribution is 2.41. The molecule has 154 valence electrons. The van der Waals surface area contributed by atoms with Gasteiger partial charge in [0.1, 0.15) is 0 Å². The van der Waals surface area contributed by atoms with Gasteiger partial charge in [-0.25, -0.2) is 0 Å². The van der Waals surface area contributed by atoms with E-state index in [0.717, 1.165) is 25.7 Å². The van der Waals surface area contributed by atoms with Crippen molar-refractivity contribution in [2.45, 2.75) is 106 Å². The van der Waals surface area contributed by atoms with E-state index >= 15 is 0 Å². The van der Waals surface area contributed by atoms with E-state index in [4.69, 9.17) is 0 Å². The Morgan fingerprint density at radius 3 is 0.929 bits per heavy atom. The lowest BCUT2D eigenvalue weighted by Crippen LogP contribution is -2.18. The van der Waals surface area contributed by atoms with Gasteiger partial charge in [0.2, 0.25) is 0 Å². The van der Waals surface area contributed by atoms with E-state index in [-0.39, 0.29) is 10.8 Å². The van der Waals surface area contributed by atoms with Crippen molar-refractivity contribution in [1.29, 1.82) is 0 Å². The fourth-order valence-electron chi connectivity index (χ4n) is 4.38. The molecule has 28 heavy (non-hydrogen) atoms. The number of rotatable bonds is 5. The lowest BCUT2D eigenvalue weighted by molar-refractivity contribution is 0.583. The first-order chi connectivity index (χ1) is 13.0. The van der Waals surface area contributed by atoms with Crippen LogP contribution in [0.15, 0.2) is 24.3 Å². The summed E-state index contributed by atoms with van der Waals surface area (Å²) >= 11 is 0. The van der Waals surface area contributed by atoms with Crippen molar-refractivity contribution in [3.63, 3.8) is 0 Å². The molecule has 0 N–H and O–H groups in total. The van der Waals surface area contributed by atoms with E-state index in [9.17, 15) is 0 Å². The molecule has 0 heteroatoms. The van der Waals surface area contributed by atoms with Crippen molar-refractivity contribution in [3.8, 4) is 11.1 Å². The summed E-state index contributed by atoms with van der Waals surface area (Å²) in [4.78, 5) is 0. The minimum absolute atomic E-state index is 0.122. The average molecular weight is 379 g/mol. The van der Waals surface area contributed by atoms with Gasteiger partial charge >= 0.3 is 0 Å². The number of benzene rings is 2. The topological polar surface area (TPSA) is 0 Å². The van der Waals surface area contributed by atoms with Crippen molar-refractivity contribution in [3.05, 3.63) is 57.6 Å². The molecule has 0 saturated heterocycles. The standard InChI is InChI=1S/C28H42/c1-11-19-15-23(25(27(5,6)7)17-21(19)13-3)24-16-20(12-2)22(14-4)18-26(24)28(8,9)10/h15-18H,11-14H2,1-10H3. The summed E-state index contributed by atoms with van der Waals surface area (Å²) in [6.45, 7) is 23.3. The summed E-state index contributed by atoms with van der Waals surface area (Å²) in [7, 11) is 0. The molecule has 0 amide bonds. The van der Waals surface area contributed by atoms with Gasteiger partial charge in [-0.3, -0.25) is 0 Å². The van der Waals surface area contributed by atoms with Crippen LogP contribution in [-0.4, -0.2) is 0 Å². The van der Waals surface area contributed by atoms with Crippen LogP contribution in [0.4, 0.5) is 0 Å². The number of hydrogen-bond donors (Lipinski definition) is 0. The van der Waals surface area contributed by atoms with Crippen LogP contribution in [-0.2, 0) is 36.5 Å². The van der Waals surface area contributed by atoms with E-state index in [2.05, 4.69) is 93.5 Å². The summed E-state index contributed by atoms with van der Waals surface area (Å²) in [5, 5.41) is 0. The first-order valence-electron chi connectivity index (χ1n) is 11.3. The van der Waals surface area contributed by atoms with Crippen LogP contribution in [0.2, 0.25) is 0 Å². The maximum Gasteiger partial charge on any atom is -0.0126 e. The zero-order valence-electron chi connectivity index (χ0n) is 20.1. The van der Waals surface area contributed by atoms with Gasteiger partial charge in [-0.05, 0) is 81.0 Å². The van der Waals surface area contributed by atoms with Crippen LogP contribution in [0.25, 0.3) is 11.1 Å². The maximum absolute atomic E-state index is 2.51. The molecule has 0 aliphatic heterocycles. The molecule has 2 rings (SSSR count). The van der Waals surface area contributed by atoms with Crippen molar-refractivity contribution < 1.29 is 0 Å². The quantitative estimate of drug-likeness (QED) is 0.492. The Morgan fingerprint density at radius 2 is 0.714 bits per heavy atom. The van der Waals surface area contributed by atoms with Gasteiger partial charge in [0.25, 0.3) is 0 Å². The van der Waals surface area contributed by atoms with Gasteiger partial charge in [0, 0.05) is 0 Å². The van der Waals surface area contributed by atoms with Crippen LogP contribution >= 0.6 is 0 Å². The summed E-state index contributed by atoms with van der Waals surface area (Å²) in [6, 6.07) is 10.0. The lowest BCUT2D eigenvalue weighted by atomic mass is 9.74. The highest BCUT2D eigenvalue weighted by Gasteiger charge is 2.26. The predicted molar refractivity (Wildman–Crippen MR) is 127 cm³/mol. The van der Waals surface area contributed by atoms with Crippen molar-refractivity contribution in [1.82, 2.24) is 0 Å². The van der Waals surface area contributed by atoms with Crippen molar-refractivity contribution >= 4 is 0 Å². The Morgan fingerprint density at radius 1 is 0.464 bits per heavy atom. The molecule has 0 bridgehead atoms. The molecule has 0 unspecified atom stereocenters. The molecule has 0 saturated carbocycles. The SMILES string of the molecule is CCc1cc(-c2cc(CC)c(CC)cc2C(C)(C)C)c(C(C)(C)C)cc1CC. The zero-order chi connectivity index (χ0) is 21.3. The molecule has 2 aromatic carbocycles. The Kier molecular flexibility index (Phi) is 6.85. The van der Waals surface area contributed by atoms with Crippen LogP contribution in [0.3, 0.4) is 0 Å². The molecule has 0 aromatic heterocycles. The van der Waals surface area contributed by atoms with Gasteiger partial charge in [-0.1, -0.05) is 93.5 Å². The largest absolute Gasteiger partial charge is 0.0613 e. The van der Waals surface area contributed by atoms with Gasteiger partial charge in [-0.15, -0.1) is 0 Å². The number of hydrogen-bond acceptors (Lipinski definition) is 0. The van der Waals surface area contributed by atoms with Gasteiger partial charge < -0.3 is 0 Å². The van der Waals surface area contributed by atoms with Crippen LogP contribution in [0.1, 0.15) is 103 Å². The molecule has 0 nitrogen and oxygen atoms in total. The van der Waals surface area contributed by atoms with Crippen molar-refractivity contribution in [2.75, 3.05) is 0 Å². The Labute approximate surface area is 174 Å². The van der Waals surface area contributed by atoms with E-state index in [0.29, 0.717) is 0 Å². The van der Waals surface area contributed by atoms with E-state index < -0.39 is 0 Å². The molecule has 0 aliphatic carbocycles. The zero-order valence-corrected chi connectivity index (χ0v) is 20.1. The van der Waals surface area contributed by atoms with E-state index in [1.807, 2.05) is 0 Å². The van der Waals surface area contributed by atoms with Crippen LogP contribution in [0, 0.1) is 0 Å². The summed E-state index contributed by atoms with van der Waals surface area (Å²) in [5.41, 5.74) is 12.1. The van der Waals surface area contributed by atoms with Crippen molar-refractivity contribution in [2.24, 2.45) is 0 Å². The summed E-state index contributed by atoms with van der Waals surface area (Å²) in [5.74, 6) is 0. The second kappa shape index (κ2) is 8.44. The fraction of sp³-hybridized carbons (Fsp3) is 0.571. The van der Waals surface area contributed by atoms with Gasteiger partial charge in [0.05, 0.1) is 0 Å². The smallest absolute Gasteiger partial charge is 0.0126 e. The molecular formula is C28H42. The third kappa shape index (κ3) is 4.53. The third-order valence-electron chi connectivity index (χ3n) is 6.11. The van der Waals surface area contributed by atoms with E-state index in [1.165, 1.54) is 44.5 Å². The molecule has 0 spiro atoms. The maximum atomic E-state index is 2.51. The highest BCUT2D eigenvalue weighted by molar-refractivity contribution is 5.76. The second-order valence-electron chi connectivity index (χ2n) is 10.2. The van der Waals surface area contributed by atoms with Gasteiger partial charge in [-0.2, -0.15) is 0 Å². The molecule has 0 fully saturated rings. The van der Waals surface area contributed by atoms with Crippen LogP contribution in [0.5, 0.6) is 0 Å². The monoisotopic (exact) mass is 378 g/mol. The molecule has 0 heterocycles. The molecular weight excluding hydrogens is 336 g/mol. The normalized spacial score (nSPS) is 12.5. The number of aryl methyl sites for hydroxylation is 4.